The van der Waals surface area contributed by atoms with Gasteiger partial charge in [0.05, 0.1) is 6.54 Å². The second-order valence-electron chi connectivity index (χ2n) is 5.28. The van der Waals surface area contributed by atoms with Gasteiger partial charge in [-0.15, -0.1) is 11.3 Å². The van der Waals surface area contributed by atoms with Gasteiger partial charge in [-0.1, -0.05) is 11.8 Å². The molecule has 2 heterocycles. The highest BCUT2D eigenvalue weighted by molar-refractivity contribution is 8.01. The summed E-state index contributed by atoms with van der Waals surface area (Å²) in [5.74, 6) is -0.120. The molecule has 1 aliphatic heterocycles. The zero-order valence-electron chi connectivity index (χ0n) is 13.2. The molecule has 1 N–H and O–H groups in total. The highest BCUT2D eigenvalue weighted by atomic mass is 32.2. The van der Waals surface area contributed by atoms with Gasteiger partial charge < -0.3 is 15.0 Å². The lowest BCUT2D eigenvalue weighted by Gasteiger charge is -2.12. The lowest BCUT2D eigenvalue weighted by Crippen LogP contribution is -2.28. The molecule has 0 spiro atoms. The van der Waals surface area contributed by atoms with Gasteiger partial charge in [-0.2, -0.15) is 0 Å². The molecule has 1 aromatic heterocycles. The number of ether oxygens (including phenoxy) is 1. The Morgan fingerprint density at radius 3 is 2.83 bits per heavy atom. The van der Waals surface area contributed by atoms with Crippen LogP contribution in [-0.4, -0.2) is 41.6 Å². The van der Waals surface area contributed by atoms with Crippen molar-refractivity contribution in [2.75, 3.05) is 25.0 Å². The van der Waals surface area contributed by atoms with Crippen LogP contribution in [0.1, 0.15) is 12.1 Å². The van der Waals surface area contributed by atoms with Gasteiger partial charge in [-0.25, -0.2) is 9.78 Å². The number of hydrogen-bond acceptors (Lipinski definition) is 6. The molecule has 126 valence electrons. The molecule has 2 amide bonds. The van der Waals surface area contributed by atoms with Crippen molar-refractivity contribution in [1.82, 2.24) is 9.88 Å². The molecule has 6 nitrogen and oxygen atoms in total. The van der Waals surface area contributed by atoms with Crippen LogP contribution in [0.2, 0.25) is 0 Å². The molecule has 0 aliphatic carbocycles. The molecule has 1 aliphatic rings. The van der Waals surface area contributed by atoms with Crippen molar-refractivity contribution in [2.24, 2.45) is 0 Å². The van der Waals surface area contributed by atoms with Crippen LogP contribution < -0.4 is 5.32 Å². The fourth-order valence-corrected chi connectivity index (χ4v) is 3.98. The van der Waals surface area contributed by atoms with Crippen LogP contribution in [-0.2, 0) is 9.53 Å². The number of aromatic nitrogens is 1. The largest absolute Gasteiger partial charge is 0.448 e. The number of amides is 2. The summed E-state index contributed by atoms with van der Waals surface area (Å²) in [6, 6.07) is 7.64. The summed E-state index contributed by atoms with van der Waals surface area (Å²) in [5.41, 5.74) is 1.76. The minimum atomic E-state index is -0.346. The summed E-state index contributed by atoms with van der Waals surface area (Å²) in [4.78, 5) is 30.3. The van der Waals surface area contributed by atoms with Gasteiger partial charge in [-0.05, 0) is 31.2 Å². The van der Waals surface area contributed by atoms with Gasteiger partial charge in [0.2, 0.25) is 5.91 Å². The van der Waals surface area contributed by atoms with Gasteiger partial charge in [0.15, 0.2) is 4.34 Å². The molecule has 0 bridgehead atoms. The predicted octanol–water partition coefficient (Wildman–Crippen LogP) is 3.38. The number of cyclic esters (lactones) is 1. The number of nitrogens with zero attached hydrogens (tertiary/aromatic N) is 2. The van der Waals surface area contributed by atoms with E-state index >= 15 is 0 Å². The molecule has 8 heteroatoms. The fraction of sp³-hybridized carbons (Fsp3) is 0.312. The number of benzene rings is 1. The minimum absolute atomic E-state index is 0.120. The van der Waals surface area contributed by atoms with Gasteiger partial charge in [0.1, 0.15) is 6.61 Å². The zero-order chi connectivity index (χ0) is 16.9. The minimum Gasteiger partial charge on any atom is -0.448 e. The van der Waals surface area contributed by atoms with Crippen molar-refractivity contribution in [3.8, 4) is 0 Å². The summed E-state index contributed by atoms with van der Waals surface area (Å²) in [5, 5.41) is 4.86. The van der Waals surface area contributed by atoms with Crippen molar-refractivity contribution in [3.05, 3.63) is 35.3 Å². The molecule has 1 saturated heterocycles. The summed E-state index contributed by atoms with van der Waals surface area (Å²) >= 11 is 3.22. The number of anilines is 1. The third kappa shape index (κ3) is 4.48. The number of carbonyl (C=O) groups excluding carboxylic acids is 2. The maximum absolute atomic E-state index is 12.0. The van der Waals surface area contributed by atoms with E-state index in [9.17, 15) is 9.59 Å². The van der Waals surface area contributed by atoms with E-state index in [4.69, 9.17) is 4.74 Å². The molecule has 24 heavy (non-hydrogen) atoms. The van der Waals surface area contributed by atoms with E-state index < -0.39 is 0 Å². The van der Waals surface area contributed by atoms with Crippen LogP contribution in [0.5, 0.6) is 0 Å². The van der Waals surface area contributed by atoms with Crippen molar-refractivity contribution in [3.63, 3.8) is 0 Å². The summed E-state index contributed by atoms with van der Waals surface area (Å²) < 4.78 is 5.83. The van der Waals surface area contributed by atoms with E-state index in [1.807, 2.05) is 36.6 Å². The van der Waals surface area contributed by atoms with E-state index in [0.29, 0.717) is 19.7 Å². The van der Waals surface area contributed by atoms with Crippen LogP contribution in [0.4, 0.5) is 10.5 Å². The first-order chi connectivity index (χ1) is 11.6. The number of carbonyl (C=O) groups is 2. The quantitative estimate of drug-likeness (QED) is 0.852. The predicted molar refractivity (Wildman–Crippen MR) is 93.6 cm³/mol. The number of aryl methyl sites for hydroxylation is 1. The standard InChI is InChI=1S/C16H17N3O3S2/c1-11-10-23-15(17-11)24-13-4-2-12(3-5-13)18-14(20)6-7-19-8-9-22-16(19)21/h2-5,10H,6-9H2,1H3,(H,18,20). The SMILES string of the molecule is Cc1csc(Sc2ccc(NC(=O)CCN3CCOC3=O)cc2)n1. The molecule has 0 unspecified atom stereocenters. The molecular weight excluding hydrogens is 346 g/mol. The number of hydrogen-bond donors (Lipinski definition) is 1. The molecular formula is C16H17N3O3S2. The van der Waals surface area contributed by atoms with Crippen LogP contribution >= 0.6 is 23.1 Å². The maximum atomic E-state index is 12.0. The maximum Gasteiger partial charge on any atom is 0.409 e. The Morgan fingerprint density at radius 2 is 2.21 bits per heavy atom. The molecule has 0 saturated carbocycles. The molecule has 0 radical (unpaired) electrons. The zero-order valence-corrected chi connectivity index (χ0v) is 14.8. The van der Waals surface area contributed by atoms with E-state index in [1.54, 1.807) is 23.1 Å². The molecule has 3 rings (SSSR count). The second kappa shape index (κ2) is 7.67. The Labute approximate surface area is 148 Å². The van der Waals surface area contributed by atoms with Gasteiger partial charge in [-0.3, -0.25) is 4.79 Å². The third-order valence-electron chi connectivity index (χ3n) is 3.39. The van der Waals surface area contributed by atoms with Crippen molar-refractivity contribution >= 4 is 40.8 Å². The normalized spacial score (nSPS) is 13.9. The van der Waals surface area contributed by atoms with Crippen molar-refractivity contribution in [2.45, 2.75) is 22.6 Å². The van der Waals surface area contributed by atoms with Gasteiger partial charge in [0, 0.05) is 34.6 Å². The monoisotopic (exact) mass is 363 g/mol. The Hall–Kier alpha value is -2.06. The first-order valence-corrected chi connectivity index (χ1v) is 9.21. The van der Waals surface area contributed by atoms with Crippen molar-refractivity contribution < 1.29 is 14.3 Å². The van der Waals surface area contributed by atoms with E-state index in [-0.39, 0.29) is 18.4 Å². The number of rotatable bonds is 6. The van der Waals surface area contributed by atoms with Crippen LogP contribution in [0, 0.1) is 6.92 Å². The Balaban J connectivity index is 1.48. The van der Waals surface area contributed by atoms with Crippen LogP contribution in [0.15, 0.2) is 38.9 Å². The topological polar surface area (TPSA) is 71.5 Å². The summed E-state index contributed by atoms with van der Waals surface area (Å²) in [6.07, 6.45) is -0.0918. The number of thiazole rings is 1. The van der Waals surface area contributed by atoms with E-state index in [2.05, 4.69) is 10.3 Å². The molecule has 2 aromatic rings. The Kier molecular flexibility index (Phi) is 5.37. The first kappa shape index (κ1) is 16.8. The molecule has 1 fully saturated rings. The average Bonchev–Trinajstić information content (AvgIpc) is 3.15. The summed E-state index contributed by atoms with van der Waals surface area (Å²) in [7, 11) is 0. The lowest BCUT2D eigenvalue weighted by molar-refractivity contribution is -0.116. The second-order valence-corrected chi connectivity index (χ2v) is 7.46. The lowest BCUT2D eigenvalue weighted by atomic mass is 10.3. The average molecular weight is 363 g/mol. The highest BCUT2D eigenvalue weighted by Crippen LogP contribution is 2.30. The van der Waals surface area contributed by atoms with Crippen LogP contribution in [0.3, 0.4) is 0 Å². The Morgan fingerprint density at radius 1 is 1.42 bits per heavy atom. The first-order valence-electron chi connectivity index (χ1n) is 7.52. The molecule has 0 atom stereocenters. The van der Waals surface area contributed by atoms with Gasteiger partial charge >= 0.3 is 6.09 Å². The highest BCUT2D eigenvalue weighted by Gasteiger charge is 2.22. The fourth-order valence-electron chi connectivity index (χ4n) is 2.18. The van der Waals surface area contributed by atoms with Gasteiger partial charge in [0.25, 0.3) is 0 Å². The smallest absolute Gasteiger partial charge is 0.409 e. The van der Waals surface area contributed by atoms with E-state index in [0.717, 1.165) is 20.6 Å². The molecule has 1 aromatic carbocycles. The number of nitrogens with one attached hydrogen (secondary N) is 1. The van der Waals surface area contributed by atoms with Crippen LogP contribution in [0.25, 0.3) is 0 Å². The van der Waals surface area contributed by atoms with Crippen molar-refractivity contribution in [1.29, 1.82) is 0 Å². The third-order valence-corrected chi connectivity index (χ3v) is 5.46. The summed E-state index contributed by atoms with van der Waals surface area (Å²) in [6.45, 7) is 3.30. The van der Waals surface area contributed by atoms with E-state index in [1.165, 1.54) is 4.90 Å². The Bertz CT molecular complexity index is 730.